The third-order valence-corrected chi connectivity index (χ3v) is 7.22. The third-order valence-electron chi connectivity index (χ3n) is 6.94. The molecule has 0 unspecified atom stereocenters. The van der Waals surface area contributed by atoms with Gasteiger partial charge in [-0.05, 0) is 72.8 Å². The minimum absolute atomic E-state index is 0.501. The molecule has 0 bridgehead atoms. The molecule has 0 fully saturated rings. The lowest BCUT2D eigenvalue weighted by molar-refractivity contribution is 0.788. The lowest BCUT2D eigenvalue weighted by Crippen LogP contribution is -2.00. The van der Waals surface area contributed by atoms with Crippen molar-refractivity contribution in [3.05, 3.63) is 164 Å². The maximum Gasteiger partial charge on any atom is 0.177 e. The van der Waals surface area contributed by atoms with Gasteiger partial charge in [0, 0.05) is 37.2 Å². The van der Waals surface area contributed by atoms with Crippen molar-refractivity contribution in [3.63, 3.8) is 0 Å². The quantitative estimate of drug-likeness (QED) is 0.203. The summed E-state index contributed by atoms with van der Waals surface area (Å²) in [6.45, 7) is 1.43. The third kappa shape index (κ3) is 9.11. The van der Waals surface area contributed by atoms with Gasteiger partial charge in [-0.2, -0.15) is 0 Å². The Hall–Kier alpha value is -6.40. The largest absolute Gasteiger partial charge is 0.343 e. The lowest BCUT2D eigenvalue weighted by Gasteiger charge is -2.02. The summed E-state index contributed by atoms with van der Waals surface area (Å²) in [5.41, 5.74) is 8.33. The Balaban J connectivity index is 0.000000118. The Morgan fingerprint density at radius 3 is 1.73 bits per heavy atom. The van der Waals surface area contributed by atoms with Gasteiger partial charge in [0.1, 0.15) is 5.52 Å². The van der Waals surface area contributed by atoms with Gasteiger partial charge < -0.3 is 14.1 Å². The second-order valence-electron chi connectivity index (χ2n) is 10.3. The maximum absolute atomic E-state index is 5.46. The first kappa shape index (κ1) is 32.5. The van der Waals surface area contributed by atoms with E-state index >= 15 is 0 Å². The van der Waals surface area contributed by atoms with Crippen LogP contribution in [-0.4, -0.2) is 59.0 Å². The van der Waals surface area contributed by atoms with Crippen LogP contribution in [0, 0.1) is 0 Å². The number of pyridine rings is 6. The number of aromatic amines is 1. The molecule has 242 valence electrons. The monoisotopic (exact) mass is 666 g/mol. The molecule has 0 spiro atoms. The molecule has 9 aromatic rings. The van der Waals surface area contributed by atoms with E-state index in [0.717, 1.165) is 57.1 Å². The molecule has 49 heavy (non-hydrogen) atoms. The molecule has 13 heteroatoms. The number of imidazole rings is 3. The Bertz CT molecular complexity index is 2150. The van der Waals surface area contributed by atoms with Crippen LogP contribution >= 0.6 is 11.6 Å². The molecule has 9 aromatic heterocycles. The van der Waals surface area contributed by atoms with E-state index in [0.29, 0.717) is 12.4 Å². The predicted molar refractivity (Wildman–Crippen MR) is 189 cm³/mol. The van der Waals surface area contributed by atoms with Gasteiger partial charge in [0.15, 0.2) is 16.9 Å². The van der Waals surface area contributed by atoms with E-state index in [9.17, 15) is 0 Å². The van der Waals surface area contributed by atoms with Crippen LogP contribution in [0.3, 0.4) is 0 Å². The summed E-state index contributed by atoms with van der Waals surface area (Å²) in [5.74, 6) is 0.501. The van der Waals surface area contributed by atoms with Crippen molar-refractivity contribution in [1.82, 2.24) is 59.0 Å². The van der Waals surface area contributed by atoms with Crippen LogP contribution in [0.4, 0.5) is 0 Å². The Morgan fingerprint density at radius 2 is 1.08 bits per heavy atom. The van der Waals surface area contributed by atoms with Gasteiger partial charge in [0.05, 0.1) is 66.1 Å². The number of fused-ring (bicyclic) bond motifs is 3. The molecule has 12 nitrogen and oxygen atoms in total. The van der Waals surface area contributed by atoms with E-state index in [1.807, 2.05) is 100 Å². The van der Waals surface area contributed by atoms with Gasteiger partial charge in [-0.1, -0.05) is 18.2 Å². The van der Waals surface area contributed by atoms with Crippen molar-refractivity contribution < 1.29 is 0 Å². The maximum atomic E-state index is 5.46. The smallest absolute Gasteiger partial charge is 0.177 e. The Labute approximate surface area is 286 Å². The molecule has 0 saturated heterocycles. The fraction of sp³-hybridized carbons (Fsp3) is 0.0833. The van der Waals surface area contributed by atoms with Crippen molar-refractivity contribution in [3.8, 4) is 0 Å². The summed E-state index contributed by atoms with van der Waals surface area (Å²) in [5, 5.41) is 0. The van der Waals surface area contributed by atoms with E-state index in [-0.39, 0.29) is 0 Å². The summed E-state index contributed by atoms with van der Waals surface area (Å²) < 4.78 is 4.04. The molecule has 1 N–H and O–H groups in total. The fourth-order valence-corrected chi connectivity index (χ4v) is 4.78. The number of nitrogens with one attached hydrogen (secondary N) is 1. The summed E-state index contributed by atoms with van der Waals surface area (Å²) in [6, 6.07) is 29.1. The second-order valence-corrected chi connectivity index (χ2v) is 10.6. The Kier molecular flexibility index (Phi) is 11.3. The molecule has 9 heterocycles. The zero-order chi connectivity index (χ0) is 33.5. The molecular formula is C36H31ClN12. The number of hydrogen-bond acceptors (Lipinski definition) is 9. The topological polar surface area (TPSA) is 142 Å². The van der Waals surface area contributed by atoms with Crippen molar-refractivity contribution >= 4 is 45.1 Å². The van der Waals surface area contributed by atoms with Crippen LogP contribution < -0.4 is 0 Å². The number of H-pyrrole nitrogens is 1. The van der Waals surface area contributed by atoms with Crippen molar-refractivity contribution in [1.29, 1.82) is 0 Å². The zero-order valence-electron chi connectivity index (χ0n) is 26.3. The highest BCUT2D eigenvalue weighted by atomic mass is 35.5. The highest BCUT2D eigenvalue weighted by molar-refractivity contribution is 6.16. The van der Waals surface area contributed by atoms with Crippen molar-refractivity contribution in [2.24, 2.45) is 0 Å². The number of nitrogens with zero attached hydrogens (tertiary/aromatic N) is 11. The van der Waals surface area contributed by atoms with Gasteiger partial charge in [0.25, 0.3) is 0 Å². The highest BCUT2D eigenvalue weighted by Crippen LogP contribution is 2.11. The van der Waals surface area contributed by atoms with E-state index in [4.69, 9.17) is 11.6 Å². The van der Waals surface area contributed by atoms with Gasteiger partial charge in [-0.25, -0.2) is 29.9 Å². The molecule has 0 aromatic carbocycles. The van der Waals surface area contributed by atoms with E-state index in [1.54, 1.807) is 56.2 Å². The van der Waals surface area contributed by atoms with Crippen molar-refractivity contribution in [2.45, 2.75) is 19.0 Å². The number of alkyl halides is 1. The van der Waals surface area contributed by atoms with E-state index < -0.39 is 0 Å². The van der Waals surface area contributed by atoms with Crippen molar-refractivity contribution in [2.75, 3.05) is 0 Å². The standard InChI is InChI=1S/2C12H10N4.C6H6ClN.C6H5N3/c1-2-6-13-10(4-1)8-16-9-15-12-11(16)5-3-7-14-12;1-2-6-13-10(4-1)8-16-9-15-11-5-3-7-14-12(11)16;7-5-6-3-1-2-4-8-6;1-2-5-6(7-3-1)9-4-8-5/h2*1-7,9H,8H2;1-4H,5H2;1-4H,(H,7,8,9). The summed E-state index contributed by atoms with van der Waals surface area (Å²) in [4.78, 5) is 40.5. The summed E-state index contributed by atoms with van der Waals surface area (Å²) in [7, 11) is 0. The number of halogens is 1. The molecule has 9 rings (SSSR count). The van der Waals surface area contributed by atoms with Crippen LogP contribution in [-0.2, 0) is 19.0 Å². The number of hydrogen-bond donors (Lipinski definition) is 1. The van der Waals surface area contributed by atoms with Gasteiger partial charge >= 0.3 is 0 Å². The molecule has 0 aliphatic carbocycles. The molecule has 0 radical (unpaired) electrons. The number of aromatic nitrogens is 12. The molecule has 0 saturated carbocycles. The average Bonchev–Trinajstić information content (AvgIpc) is 3.93. The minimum Gasteiger partial charge on any atom is -0.343 e. The number of rotatable bonds is 5. The van der Waals surface area contributed by atoms with Gasteiger partial charge in [0.2, 0.25) is 0 Å². The molecule has 0 amide bonds. The average molecular weight is 667 g/mol. The van der Waals surface area contributed by atoms with Gasteiger partial charge in [-0.15, -0.1) is 11.6 Å². The SMILES string of the molecule is ClCc1ccccn1.c1ccc(Cn2cnc3cccnc32)nc1.c1ccc(Cn2cnc3ncccc32)nc1.c1cnc2nc[nH]c2c1. The minimum atomic E-state index is 0.501. The Morgan fingerprint density at radius 1 is 0.490 bits per heavy atom. The predicted octanol–water partition coefficient (Wildman–Crippen LogP) is 6.53. The second kappa shape index (κ2) is 17.0. The molecule has 0 aliphatic rings. The molecule has 0 aliphatic heterocycles. The van der Waals surface area contributed by atoms with Crippen LogP contribution in [0.2, 0.25) is 0 Å². The summed E-state index contributed by atoms with van der Waals surface area (Å²) >= 11 is 5.46. The van der Waals surface area contributed by atoms with E-state index in [2.05, 4.69) is 49.8 Å². The lowest BCUT2D eigenvalue weighted by atomic mass is 10.3. The summed E-state index contributed by atoms with van der Waals surface area (Å²) in [6.07, 6.45) is 15.8. The van der Waals surface area contributed by atoms with Gasteiger partial charge in [-0.3, -0.25) is 15.0 Å². The van der Waals surface area contributed by atoms with Crippen LogP contribution in [0.1, 0.15) is 17.1 Å². The van der Waals surface area contributed by atoms with Crippen LogP contribution in [0.15, 0.2) is 147 Å². The molecule has 0 atom stereocenters. The zero-order valence-corrected chi connectivity index (χ0v) is 27.0. The first-order valence-corrected chi connectivity index (χ1v) is 15.8. The normalized spacial score (nSPS) is 10.4. The van der Waals surface area contributed by atoms with Crippen LogP contribution in [0.25, 0.3) is 33.5 Å². The van der Waals surface area contributed by atoms with Crippen LogP contribution in [0.5, 0.6) is 0 Å². The fourth-order valence-electron chi connectivity index (χ4n) is 4.62. The first-order valence-electron chi connectivity index (χ1n) is 15.3. The highest BCUT2D eigenvalue weighted by Gasteiger charge is 2.04. The first-order chi connectivity index (χ1) is 24.3. The molecular weight excluding hydrogens is 636 g/mol. The van der Waals surface area contributed by atoms with E-state index in [1.165, 1.54) is 0 Å².